The Kier molecular flexibility index (Phi) is 4.66. The molecule has 5 heteroatoms. The SMILES string of the molecule is COC(C(=O)N[C@H](C)C(=O)O)c1ccccc1. The molecule has 0 aliphatic heterocycles. The van der Waals surface area contributed by atoms with Crippen LogP contribution in [0.15, 0.2) is 30.3 Å². The molecule has 0 aromatic heterocycles. The number of carboxylic acids is 1. The number of ether oxygens (including phenoxy) is 1. The predicted molar refractivity (Wildman–Crippen MR) is 61.4 cm³/mol. The highest BCUT2D eigenvalue weighted by Crippen LogP contribution is 2.16. The van der Waals surface area contributed by atoms with Crippen LogP contribution in [0, 0.1) is 0 Å². The Morgan fingerprint density at radius 2 is 1.88 bits per heavy atom. The summed E-state index contributed by atoms with van der Waals surface area (Å²) in [6, 6.07) is 7.96. The van der Waals surface area contributed by atoms with Crippen molar-refractivity contribution in [1.82, 2.24) is 5.32 Å². The van der Waals surface area contributed by atoms with Gasteiger partial charge >= 0.3 is 5.97 Å². The highest BCUT2D eigenvalue weighted by atomic mass is 16.5. The number of carbonyl (C=O) groups excluding carboxylic acids is 1. The Morgan fingerprint density at radius 3 is 2.35 bits per heavy atom. The highest BCUT2D eigenvalue weighted by Gasteiger charge is 2.23. The molecule has 2 N–H and O–H groups in total. The van der Waals surface area contributed by atoms with E-state index in [9.17, 15) is 9.59 Å². The van der Waals surface area contributed by atoms with E-state index < -0.39 is 24.0 Å². The second-order valence-electron chi connectivity index (χ2n) is 3.59. The lowest BCUT2D eigenvalue weighted by Crippen LogP contribution is -2.41. The van der Waals surface area contributed by atoms with Gasteiger partial charge in [-0.3, -0.25) is 9.59 Å². The zero-order chi connectivity index (χ0) is 12.8. The van der Waals surface area contributed by atoms with E-state index in [0.29, 0.717) is 5.56 Å². The van der Waals surface area contributed by atoms with Crippen molar-refractivity contribution < 1.29 is 19.4 Å². The zero-order valence-corrected chi connectivity index (χ0v) is 9.71. The zero-order valence-electron chi connectivity index (χ0n) is 9.71. The standard InChI is InChI=1S/C12H15NO4/c1-8(12(15)16)13-11(14)10(17-2)9-6-4-3-5-7-9/h3-8,10H,1-2H3,(H,13,14)(H,15,16)/t8-,10?/m1/s1. The fraction of sp³-hybridized carbons (Fsp3) is 0.333. The van der Waals surface area contributed by atoms with Gasteiger partial charge in [-0.05, 0) is 12.5 Å². The molecular formula is C12H15NO4. The van der Waals surface area contributed by atoms with Gasteiger partial charge in [0.05, 0.1) is 0 Å². The summed E-state index contributed by atoms with van der Waals surface area (Å²) in [5, 5.41) is 11.1. The third kappa shape index (κ3) is 3.57. The van der Waals surface area contributed by atoms with Crippen molar-refractivity contribution >= 4 is 11.9 Å². The van der Waals surface area contributed by atoms with Gasteiger partial charge in [0, 0.05) is 7.11 Å². The van der Waals surface area contributed by atoms with Gasteiger partial charge in [-0.2, -0.15) is 0 Å². The minimum absolute atomic E-state index is 0.464. The Labute approximate surface area is 99.4 Å². The Hall–Kier alpha value is -1.88. The predicted octanol–water partition coefficient (Wildman–Crippen LogP) is 0.963. The summed E-state index contributed by atoms with van der Waals surface area (Å²) in [6.07, 6.45) is -0.794. The maximum absolute atomic E-state index is 11.8. The van der Waals surface area contributed by atoms with Crippen LogP contribution in [0.1, 0.15) is 18.6 Å². The number of nitrogens with one attached hydrogen (secondary N) is 1. The molecule has 0 saturated heterocycles. The van der Waals surface area contributed by atoms with Gasteiger partial charge in [-0.1, -0.05) is 30.3 Å². The van der Waals surface area contributed by atoms with Crippen LogP contribution in [-0.2, 0) is 14.3 Å². The van der Waals surface area contributed by atoms with E-state index in [1.54, 1.807) is 24.3 Å². The number of benzene rings is 1. The third-order valence-corrected chi connectivity index (χ3v) is 2.31. The largest absolute Gasteiger partial charge is 0.480 e. The first-order valence-corrected chi connectivity index (χ1v) is 5.17. The molecule has 0 fully saturated rings. The van der Waals surface area contributed by atoms with Crippen LogP contribution in [0.25, 0.3) is 0 Å². The van der Waals surface area contributed by atoms with Gasteiger partial charge in [0.2, 0.25) is 0 Å². The molecule has 0 aliphatic carbocycles. The summed E-state index contributed by atoms with van der Waals surface area (Å²) in [4.78, 5) is 22.4. The minimum atomic E-state index is -1.08. The lowest BCUT2D eigenvalue weighted by Gasteiger charge is -2.17. The van der Waals surface area contributed by atoms with Crippen LogP contribution in [0.4, 0.5) is 0 Å². The molecule has 1 aromatic carbocycles. The lowest BCUT2D eigenvalue weighted by molar-refractivity contribution is -0.143. The van der Waals surface area contributed by atoms with Crippen LogP contribution in [0.2, 0.25) is 0 Å². The van der Waals surface area contributed by atoms with E-state index in [4.69, 9.17) is 9.84 Å². The number of hydrogen-bond donors (Lipinski definition) is 2. The van der Waals surface area contributed by atoms with E-state index in [1.807, 2.05) is 6.07 Å². The Bertz CT molecular complexity index is 391. The molecule has 5 nitrogen and oxygen atoms in total. The van der Waals surface area contributed by atoms with Crippen LogP contribution in [-0.4, -0.2) is 30.1 Å². The number of carbonyl (C=O) groups is 2. The second-order valence-corrected chi connectivity index (χ2v) is 3.59. The smallest absolute Gasteiger partial charge is 0.325 e. The van der Waals surface area contributed by atoms with E-state index in [2.05, 4.69) is 5.32 Å². The molecule has 0 saturated carbocycles. The second kappa shape index (κ2) is 6.00. The van der Waals surface area contributed by atoms with Gasteiger partial charge in [0.25, 0.3) is 5.91 Å². The summed E-state index contributed by atoms with van der Waals surface area (Å²) in [5.41, 5.74) is 0.685. The molecule has 0 aliphatic rings. The fourth-order valence-electron chi connectivity index (χ4n) is 1.37. The van der Waals surface area contributed by atoms with Crippen LogP contribution >= 0.6 is 0 Å². The monoisotopic (exact) mass is 237 g/mol. The Morgan fingerprint density at radius 1 is 1.29 bits per heavy atom. The number of aliphatic carboxylic acids is 1. The van der Waals surface area contributed by atoms with Crippen molar-refractivity contribution in [3.05, 3.63) is 35.9 Å². The van der Waals surface area contributed by atoms with Gasteiger partial charge in [0.1, 0.15) is 6.04 Å². The topological polar surface area (TPSA) is 75.6 Å². The highest BCUT2D eigenvalue weighted by molar-refractivity contribution is 5.86. The summed E-state index contributed by atoms with van der Waals surface area (Å²) in [7, 11) is 1.41. The maximum Gasteiger partial charge on any atom is 0.325 e. The fourth-order valence-corrected chi connectivity index (χ4v) is 1.37. The normalized spacial score (nSPS) is 13.8. The molecule has 92 valence electrons. The van der Waals surface area contributed by atoms with Gasteiger partial charge in [-0.25, -0.2) is 0 Å². The van der Waals surface area contributed by atoms with E-state index in [-0.39, 0.29) is 0 Å². The molecule has 1 amide bonds. The van der Waals surface area contributed by atoms with Crippen LogP contribution < -0.4 is 5.32 Å². The minimum Gasteiger partial charge on any atom is -0.480 e. The molecule has 0 heterocycles. The molecule has 0 spiro atoms. The van der Waals surface area contributed by atoms with Crippen molar-refractivity contribution in [2.45, 2.75) is 19.1 Å². The van der Waals surface area contributed by atoms with Crippen LogP contribution in [0.3, 0.4) is 0 Å². The number of carboxylic acid groups (broad SMARTS) is 1. The first kappa shape index (κ1) is 13.2. The molecular weight excluding hydrogens is 222 g/mol. The van der Waals surface area contributed by atoms with Gasteiger partial charge in [0.15, 0.2) is 6.10 Å². The van der Waals surface area contributed by atoms with E-state index >= 15 is 0 Å². The quantitative estimate of drug-likeness (QED) is 0.800. The molecule has 1 aromatic rings. The number of hydrogen-bond acceptors (Lipinski definition) is 3. The van der Waals surface area contributed by atoms with Crippen molar-refractivity contribution in [2.24, 2.45) is 0 Å². The number of methoxy groups -OCH3 is 1. The molecule has 1 rings (SSSR count). The average molecular weight is 237 g/mol. The number of rotatable bonds is 5. The van der Waals surface area contributed by atoms with Crippen molar-refractivity contribution in [2.75, 3.05) is 7.11 Å². The summed E-state index contributed by atoms with van der Waals surface area (Å²) < 4.78 is 5.07. The molecule has 0 bridgehead atoms. The van der Waals surface area contributed by atoms with Crippen molar-refractivity contribution in [3.8, 4) is 0 Å². The van der Waals surface area contributed by atoms with Gasteiger partial charge in [-0.15, -0.1) is 0 Å². The van der Waals surface area contributed by atoms with E-state index in [0.717, 1.165) is 0 Å². The third-order valence-electron chi connectivity index (χ3n) is 2.31. The van der Waals surface area contributed by atoms with Crippen LogP contribution in [0.5, 0.6) is 0 Å². The molecule has 1 unspecified atom stereocenters. The summed E-state index contributed by atoms with van der Waals surface area (Å²) in [5.74, 6) is -1.55. The average Bonchev–Trinajstić information content (AvgIpc) is 2.31. The molecule has 17 heavy (non-hydrogen) atoms. The molecule has 0 radical (unpaired) electrons. The molecule has 2 atom stereocenters. The van der Waals surface area contributed by atoms with E-state index in [1.165, 1.54) is 14.0 Å². The summed E-state index contributed by atoms with van der Waals surface area (Å²) >= 11 is 0. The Balaban J connectivity index is 2.75. The first-order chi connectivity index (χ1) is 8.06. The van der Waals surface area contributed by atoms with Crippen molar-refractivity contribution in [1.29, 1.82) is 0 Å². The summed E-state index contributed by atoms with van der Waals surface area (Å²) in [6.45, 7) is 1.40. The first-order valence-electron chi connectivity index (χ1n) is 5.17. The number of amides is 1. The lowest BCUT2D eigenvalue weighted by atomic mass is 10.1. The maximum atomic E-state index is 11.8. The van der Waals surface area contributed by atoms with Gasteiger partial charge < -0.3 is 15.2 Å². The van der Waals surface area contributed by atoms with Crippen molar-refractivity contribution in [3.63, 3.8) is 0 Å².